The van der Waals surface area contributed by atoms with Gasteiger partial charge >= 0.3 is 0 Å². The minimum atomic E-state index is -0.170. The van der Waals surface area contributed by atoms with Gasteiger partial charge in [0.1, 0.15) is 6.73 Å². The Hall–Kier alpha value is -0.120. The van der Waals surface area contributed by atoms with Crippen molar-refractivity contribution >= 4 is 0 Å². The SMILES string of the molecule is [O]CN1CCCC(O)CC1. The molecule has 0 aromatic heterocycles. The predicted molar refractivity (Wildman–Crippen MR) is 37.0 cm³/mol. The summed E-state index contributed by atoms with van der Waals surface area (Å²) in [7, 11) is 0. The summed E-state index contributed by atoms with van der Waals surface area (Å²) < 4.78 is 0. The number of rotatable bonds is 1. The van der Waals surface area contributed by atoms with Crippen LogP contribution in [0.15, 0.2) is 0 Å². The predicted octanol–water partition coefficient (Wildman–Crippen LogP) is 0.221. The van der Waals surface area contributed by atoms with Crippen molar-refractivity contribution in [1.82, 2.24) is 4.90 Å². The molecule has 0 saturated carbocycles. The van der Waals surface area contributed by atoms with Crippen LogP contribution in [0.3, 0.4) is 0 Å². The molecule has 1 aliphatic rings. The maximum atomic E-state index is 10.4. The first-order valence-corrected chi connectivity index (χ1v) is 3.81. The molecule has 0 aromatic rings. The van der Waals surface area contributed by atoms with Crippen LogP contribution in [-0.4, -0.2) is 35.9 Å². The quantitative estimate of drug-likeness (QED) is 0.572. The van der Waals surface area contributed by atoms with Gasteiger partial charge in [-0.2, -0.15) is 0 Å². The Kier molecular flexibility index (Phi) is 3.12. The van der Waals surface area contributed by atoms with E-state index in [2.05, 4.69) is 0 Å². The molecular formula is C7H14NO2. The lowest BCUT2D eigenvalue weighted by atomic mass is 10.2. The Balaban J connectivity index is 2.26. The molecule has 1 unspecified atom stereocenters. The molecule has 1 atom stereocenters. The van der Waals surface area contributed by atoms with Crippen molar-refractivity contribution in [2.45, 2.75) is 25.4 Å². The van der Waals surface area contributed by atoms with Crippen LogP contribution in [0.1, 0.15) is 19.3 Å². The third-order valence-corrected chi connectivity index (χ3v) is 1.97. The van der Waals surface area contributed by atoms with Crippen LogP contribution in [0.5, 0.6) is 0 Å². The Morgan fingerprint density at radius 3 is 2.90 bits per heavy atom. The molecular weight excluding hydrogens is 130 g/mol. The summed E-state index contributed by atoms with van der Waals surface area (Å²) in [6.45, 7) is 1.51. The topological polar surface area (TPSA) is 43.4 Å². The molecule has 1 rings (SSSR count). The molecule has 1 saturated heterocycles. The normalized spacial score (nSPS) is 30.0. The van der Waals surface area contributed by atoms with E-state index >= 15 is 0 Å². The largest absolute Gasteiger partial charge is 0.393 e. The summed E-state index contributed by atoms with van der Waals surface area (Å²) in [5.74, 6) is 0. The molecule has 1 N–H and O–H groups in total. The highest BCUT2D eigenvalue weighted by Crippen LogP contribution is 2.09. The van der Waals surface area contributed by atoms with E-state index in [1.807, 2.05) is 4.90 Å². The van der Waals surface area contributed by atoms with E-state index in [-0.39, 0.29) is 12.8 Å². The lowest BCUT2D eigenvalue weighted by molar-refractivity contribution is 0.0506. The number of nitrogens with zero attached hydrogens (tertiary/aromatic N) is 1. The monoisotopic (exact) mass is 144 g/mol. The second-order valence-electron chi connectivity index (χ2n) is 2.83. The Bertz CT molecular complexity index is 97.6. The Labute approximate surface area is 61.3 Å². The fourth-order valence-electron chi connectivity index (χ4n) is 1.27. The Morgan fingerprint density at radius 1 is 1.40 bits per heavy atom. The van der Waals surface area contributed by atoms with Crippen LogP contribution in [-0.2, 0) is 5.11 Å². The van der Waals surface area contributed by atoms with Crippen LogP contribution < -0.4 is 0 Å². The average Bonchev–Trinajstić information content (AvgIpc) is 2.14. The third kappa shape index (κ3) is 2.25. The van der Waals surface area contributed by atoms with Crippen molar-refractivity contribution in [3.05, 3.63) is 0 Å². The molecule has 1 heterocycles. The van der Waals surface area contributed by atoms with Crippen molar-refractivity contribution in [2.75, 3.05) is 19.8 Å². The van der Waals surface area contributed by atoms with Crippen molar-refractivity contribution in [3.63, 3.8) is 0 Å². The number of likely N-dealkylation sites (tertiary alicyclic amines) is 1. The highest BCUT2D eigenvalue weighted by molar-refractivity contribution is 4.66. The molecule has 59 valence electrons. The molecule has 0 amide bonds. The van der Waals surface area contributed by atoms with E-state index in [9.17, 15) is 10.2 Å². The molecule has 0 aliphatic carbocycles. The van der Waals surface area contributed by atoms with E-state index in [1.165, 1.54) is 0 Å². The number of hydrogen-bond acceptors (Lipinski definition) is 2. The molecule has 10 heavy (non-hydrogen) atoms. The van der Waals surface area contributed by atoms with Gasteiger partial charge in [-0.15, -0.1) is 0 Å². The van der Waals surface area contributed by atoms with Crippen molar-refractivity contribution in [3.8, 4) is 0 Å². The molecule has 3 heteroatoms. The summed E-state index contributed by atoms with van der Waals surface area (Å²) in [5, 5.41) is 19.6. The van der Waals surface area contributed by atoms with Crippen LogP contribution >= 0.6 is 0 Å². The van der Waals surface area contributed by atoms with Gasteiger partial charge in [0.05, 0.1) is 6.10 Å². The van der Waals surface area contributed by atoms with Crippen LogP contribution in [0.4, 0.5) is 0 Å². The highest BCUT2D eigenvalue weighted by Gasteiger charge is 2.13. The second-order valence-corrected chi connectivity index (χ2v) is 2.83. The summed E-state index contributed by atoms with van der Waals surface area (Å²) in [4.78, 5) is 1.84. The van der Waals surface area contributed by atoms with Crippen molar-refractivity contribution in [1.29, 1.82) is 0 Å². The first-order valence-electron chi connectivity index (χ1n) is 3.81. The maximum absolute atomic E-state index is 10.4. The summed E-state index contributed by atoms with van der Waals surface area (Å²) in [5.41, 5.74) is 0. The molecule has 1 radical (unpaired) electrons. The van der Waals surface area contributed by atoms with Gasteiger partial charge in [0.2, 0.25) is 0 Å². The van der Waals surface area contributed by atoms with Gasteiger partial charge in [0, 0.05) is 13.1 Å². The van der Waals surface area contributed by atoms with Gasteiger partial charge in [-0.1, -0.05) is 0 Å². The fourth-order valence-corrected chi connectivity index (χ4v) is 1.27. The van der Waals surface area contributed by atoms with E-state index in [1.54, 1.807) is 0 Å². The molecule has 0 aromatic carbocycles. The van der Waals surface area contributed by atoms with Gasteiger partial charge < -0.3 is 5.11 Å². The van der Waals surface area contributed by atoms with Gasteiger partial charge in [0.15, 0.2) is 0 Å². The molecule has 3 nitrogen and oxygen atoms in total. The van der Waals surface area contributed by atoms with Gasteiger partial charge in [-0.05, 0) is 19.3 Å². The summed E-state index contributed by atoms with van der Waals surface area (Å²) in [6.07, 6.45) is 2.42. The number of aliphatic hydroxyl groups excluding tert-OH is 1. The standard InChI is InChI=1S/C7H14NO2/c9-6-8-4-1-2-7(10)3-5-8/h7,10H,1-6H2. The molecule has 1 aliphatic heterocycles. The van der Waals surface area contributed by atoms with E-state index in [4.69, 9.17) is 0 Å². The number of aliphatic hydroxyl groups is 1. The number of hydrogen-bond donors (Lipinski definition) is 1. The zero-order chi connectivity index (χ0) is 7.40. The van der Waals surface area contributed by atoms with E-state index in [0.717, 1.165) is 32.4 Å². The van der Waals surface area contributed by atoms with Gasteiger partial charge in [-0.3, -0.25) is 4.90 Å². The highest BCUT2D eigenvalue weighted by atomic mass is 16.3. The lowest BCUT2D eigenvalue weighted by Gasteiger charge is -2.13. The minimum Gasteiger partial charge on any atom is -0.393 e. The maximum Gasteiger partial charge on any atom is 0.135 e. The van der Waals surface area contributed by atoms with Crippen LogP contribution in [0.2, 0.25) is 0 Å². The van der Waals surface area contributed by atoms with Crippen molar-refractivity contribution in [2.24, 2.45) is 0 Å². The van der Waals surface area contributed by atoms with E-state index < -0.39 is 0 Å². The zero-order valence-corrected chi connectivity index (χ0v) is 6.12. The molecule has 1 fully saturated rings. The van der Waals surface area contributed by atoms with Gasteiger partial charge in [-0.25, -0.2) is 5.11 Å². The summed E-state index contributed by atoms with van der Waals surface area (Å²) >= 11 is 0. The third-order valence-electron chi connectivity index (χ3n) is 1.97. The van der Waals surface area contributed by atoms with E-state index in [0.29, 0.717) is 0 Å². The molecule has 0 spiro atoms. The average molecular weight is 144 g/mol. The van der Waals surface area contributed by atoms with Crippen LogP contribution in [0, 0.1) is 0 Å². The lowest BCUT2D eigenvalue weighted by Crippen LogP contribution is -2.25. The summed E-state index contributed by atoms with van der Waals surface area (Å²) in [6, 6.07) is 0. The van der Waals surface area contributed by atoms with Crippen molar-refractivity contribution < 1.29 is 10.2 Å². The minimum absolute atomic E-state index is 0.118. The molecule has 0 bridgehead atoms. The first-order chi connectivity index (χ1) is 4.83. The smallest absolute Gasteiger partial charge is 0.135 e. The van der Waals surface area contributed by atoms with Crippen LogP contribution in [0.25, 0.3) is 0 Å². The van der Waals surface area contributed by atoms with Gasteiger partial charge in [0.25, 0.3) is 0 Å². The second kappa shape index (κ2) is 3.91. The first kappa shape index (κ1) is 7.98. The fraction of sp³-hybridized carbons (Fsp3) is 1.00. The zero-order valence-electron chi connectivity index (χ0n) is 6.12. The Morgan fingerprint density at radius 2 is 2.20 bits per heavy atom.